The smallest absolute Gasteiger partial charge is 0.273 e. The third kappa shape index (κ3) is 8.65. The van der Waals surface area contributed by atoms with Crippen molar-refractivity contribution >= 4 is 56.4 Å². The van der Waals surface area contributed by atoms with Crippen LogP contribution in [0.1, 0.15) is 44.7 Å². The Balaban J connectivity index is 2.13. The van der Waals surface area contributed by atoms with E-state index < -0.39 is 39.3 Å². The van der Waals surface area contributed by atoms with Crippen molar-refractivity contribution in [2.75, 3.05) is 18.0 Å². The number of halogens is 2. The first kappa shape index (κ1) is 35.6. The number of aryl methyl sites for hydroxylation is 1. The minimum Gasteiger partial charge on any atom is -0.497 e. The molecule has 0 radical (unpaired) electrons. The molecule has 0 saturated carbocycles. The Bertz CT molecular complexity index is 1650. The predicted molar refractivity (Wildman–Crippen MR) is 174 cm³/mol. The lowest BCUT2D eigenvalue weighted by molar-refractivity contribution is -0.385. The fraction of sp³-hybridized carbons (Fsp3) is 0.355. The highest BCUT2D eigenvalue weighted by atomic mass is 35.5. The lowest BCUT2D eigenvalue weighted by atomic mass is 10.1. The van der Waals surface area contributed by atoms with Gasteiger partial charge >= 0.3 is 0 Å². The molecule has 0 aromatic heterocycles. The second-order valence-corrected chi connectivity index (χ2v) is 13.1. The summed E-state index contributed by atoms with van der Waals surface area (Å²) in [6.07, 6.45) is 0.893. The molecule has 3 aromatic carbocycles. The van der Waals surface area contributed by atoms with E-state index in [9.17, 15) is 28.1 Å². The fourth-order valence-electron chi connectivity index (χ4n) is 4.55. The SMILES string of the molecule is CC[C@@H](C)NC(=O)[C@H](CC)N(Cc1ccc(Cl)c(Cl)c1)C(=O)CN(c1ccc(OC)cc1)S(=O)(=O)c1ccc(C)c([N+](=O)[O-])c1. The van der Waals surface area contributed by atoms with Crippen LogP contribution in [0.5, 0.6) is 5.75 Å². The maximum absolute atomic E-state index is 14.2. The molecule has 242 valence electrons. The number of anilines is 1. The van der Waals surface area contributed by atoms with Gasteiger partial charge in [0, 0.05) is 24.2 Å². The minimum atomic E-state index is -4.53. The number of amides is 2. The van der Waals surface area contributed by atoms with Gasteiger partial charge in [0.05, 0.1) is 32.7 Å². The quantitative estimate of drug-likeness (QED) is 0.160. The normalized spacial score (nSPS) is 12.6. The van der Waals surface area contributed by atoms with Crippen LogP contribution in [0.3, 0.4) is 0 Å². The molecule has 0 unspecified atom stereocenters. The van der Waals surface area contributed by atoms with Gasteiger partial charge < -0.3 is 15.0 Å². The maximum Gasteiger partial charge on any atom is 0.273 e. The molecule has 0 bridgehead atoms. The Hall–Kier alpha value is -3.87. The zero-order chi connectivity index (χ0) is 33.5. The number of nitro benzene ring substituents is 1. The lowest BCUT2D eigenvalue weighted by Gasteiger charge is -2.33. The summed E-state index contributed by atoms with van der Waals surface area (Å²) in [6.45, 7) is 6.21. The third-order valence-corrected chi connectivity index (χ3v) is 9.84. The molecule has 2 amide bonds. The molecule has 14 heteroatoms. The van der Waals surface area contributed by atoms with E-state index in [0.717, 1.165) is 10.4 Å². The number of methoxy groups -OCH3 is 1. The number of hydrogen-bond donors (Lipinski definition) is 1. The number of hydrogen-bond acceptors (Lipinski definition) is 7. The van der Waals surface area contributed by atoms with Crippen LogP contribution in [0.15, 0.2) is 65.6 Å². The molecular weight excluding hydrogens is 643 g/mol. The molecule has 2 atom stereocenters. The summed E-state index contributed by atoms with van der Waals surface area (Å²) >= 11 is 12.3. The minimum absolute atomic E-state index is 0.0747. The monoisotopic (exact) mass is 678 g/mol. The number of sulfonamides is 1. The molecule has 0 aliphatic heterocycles. The summed E-state index contributed by atoms with van der Waals surface area (Å²) in [5.74, 6) is -0.635. The van der Waals surface area contributed by atoms with Gasteiger partial charge in [0.1, 0.15) is 18.3 Å². The summed E-state index contributed by atoms with van der Waals surface area (Å²) in [6, 6.07) is 13.2. The van der Waals surface area contributed by atoms with E-state index in [0.29, 0.717) is 22.8 Å². The summed E-state index contributed by atoms with van der Waals surface area (Å²) in [5, 5.41) is 15.1. The van der Waals surface area contributed by atoms with E-state index in [1.165, 1.54) is 55.3 Å². The summed E-state index contributed by atoms with van der Waals surface area (Å²) in [4.78, 5) is 39.5. The summed E-state index contributed by atoms with van der Waals surface area (Å²) in [5.41, 5.74) is 0.572. The van der Waals surface area contributed by atoms with Gasteiger partial charge in [-0.3, -0.25) is 24.0 Å². The van der Waals surface area contributed by atoms with E-state index in [1.54, 1.807) is 25.1 Å². The predicted octanol–water partition coefficient (Wildman–Crippen LogP) is 6.14. The third-order valence-electron chi connectivity index (χ3n) is 7.33. The van der Waals surface area contributed by atoms with Crippen LogP contribution in [0, 0.1) is 17.0 Å². The Kier molecular flexibility index (Phi) is 12.2. The molecular formula is C31H36Cl2N4O7S. The first-order valence-corrected chi connectivity index (χ1v) is 16.4. The van der Waals surface area contributed by atoms with Crippen LogP contribution in [-0.4, -0.2) is 55.8 Å². The van der Waals surface area contributed by atoms with Crippen LogP contribution in [0.4, 0.5) is 11.4 Å². The molecule has 0 aliphatic rings. The van der Waals surface area contributed by atoms with E-state index in [-0.39, 0.29) is 45.9 Å². The van der Waals surface area contributed by atoms with Gasteiger partial charge in [0.2, 0.25) is 11.8 Å². The number of nitrogens with zero attached hydrogens (tertiary/aromatic N) is 3. The molecule has 3 rings (SSSR count). The summed E-state index contributed by atoms with van der Waals surface area (Å²) < 4.78 is 34.3. The van der Waals surface area contributed by atoms with E-state index in [1.807, 2.05) is 13.8 Å². The van der Waals surface area contributed by atoms with Gasteiger partial charge in [-0.25, -0.2) is 8.42 Å². The maximum atomic E-state index is 14.2. The highest BCUT2D eigenvalue weighted by Gasteiger charge is 2.34. The zero-order valence-electron chi connectivity index (χ0n) is 25.6. The van der Waals surface area contributed by atoms with Crippen LogP contribution in [0.25, 0.3) is 0 Å². The highest BCUT2D eigenvalue weighted by molar-refractivity contribution is 7.92. The molecule has 1 N–H and O–H groups in total. The van der Waals surface area contributed by atoms with Gasteiger partial charge in [-0.15, -0.1) is 0 Å². The van der Waals surface area contributed by atoms with Gasteiger partial charge in [0.15, 0.2) is 0 Å². The van der Waals surface area contributed by atoms with Gasteiger partial charge in [-0.2, -0.15) is 0 Å². The van der Waals surface area contributed by atoms with Crippen molar-refractivity contribution in [2.45, 2.75) is 64.1 Å². The largest absolute Gasteiger partial charge is 0.497 e. The molecule has 3 aromatic rings. The Morgan fingerprint density at radius 1 is 1.00 bits per heavy atom. The van der Waals surface area contributed by atoms with Crippen LogP contribution in [0.2, 0.25) is 10.0 Å². The Labute approximate surface area is 273 Å². The van der Waals surface area contributed by atoms with Crippen molar-refractivity contribution in [1.29, 1.82) is 0 Å². The van der Waals surface area contributed by atoms with Crippen molar-refractivity contribution in [3.63, 3.8) is 0 Å². The number of nitro groups is 1. The van der Waals surface area contributed by atoms with Gasteiger partial charge in [-0.05, 0) is 74.7 Å². The lowest BCUT2D eigenvalue weighted by Crippen LogP contribution is -2.53. The van der Waals surface area contributed by atoms with E-state index >= 15 is 0 Å². The van der Waals surface area contributed by atoms with Crippen molar-refractivity contribution in [1.82, 2.24) is 10.2 Å². The van der Waals surface area contributed by atoms with Crippen molar-refractivity contribution in [3.05, 3.63) is 92.0 Å². The molecule has 45 heavy (non-hydrogen) atoms. The molecule has 11 nitrogen and oxygen atoms in total. The molecule has 0 spiro atoms. The fourth-order valence-corrected chi connectivity index (χ4v) is 6.30. The Morgan fingerprint density at radius 2 is 1.67 bits per heavy atom. The average Bonchev–Trinajstić information content (AvgIpc) is 3.01. The highest BCUT2D eigenvalue weighted by Crippen LogP contribution is 2.30. The van der Waals surface area contributed by atoms with Crippen molar-refractivity contribution in [3.8, 4) is 5.75 Å². The second-order valence-electron chi connectivity index (χ2n) is 10.4. The molecule has 0 saturated heterocycles. The van der Waals surface area contributed by atoms with E-state index in [2.05, 4.69) is 5.32 Å². The van der Waals surface area contributed by atoms with Gasteiger partial charge in [-0.1, -0.05) is 49.2 Å². The molecule has 0 aliphatic carbocycles. The average molecular weight is 680 g/mol. The topological polar surface area (TPSA) is 139 Å². The summed E-state index contributed by atoms with van der Waals surface area (Å²) in [7, 11) is -3.08. The first-order valence-electron chi connectivity index (χ1n) is 14.2. The number of benzene rings is 3. The Morgan fingerprint density at radius 3 is 2.22 bits per heavy atom. The zero-order valence-corrected chi connectivity index (χ0v) is 27.9. The van der Waals surface area contributed by atoms with Crippen LogP contribution in [-0.2, 0) is 26.2 Å². The number of carbonyl (C=O) groups is 2. The number of ether oxygens (including phenoxy) is 1. The molecule has 0 fully saturated rings. The van der Waals surface area contributed by atoms with Crippen LogP contribution >= 0.6 is 23.2 Å². The number of rotatable bonds is 14. The van der Waals surface area contributed by atoms with Crippen molar-refractivity contribution < 1.29 is 27.7 Å². The number of carbonyl (C=O) groups excluding carboxylic acids is 2. The van der Waals surface area contributed by atoms with Crippen LogP contribution < -0.4 is 14.4 Å². The number of nitrogens with one attached hydrogen (secondary N) is 1. The first-order chi connectivity index (χ1) is 21.2. The van der Waals surface area contributed by atoms with E-state index in [4.69, 9.17) is 27.9 Å². The second kappa shape index (κ2) is 15.4. The van der Waals surface area contributed by atoms with Crippen molar-refractivity contribution in [2.24, 2.45) is 0 Å². The standard InChI is InChI=1S/C31H36Cl2N4O7S/c1-6-21(4)34-31(39)28(7-2)35(18-22-9-15-26(32)27(33)16-22)30(38)19-36(23-10-12-24(44-5)13-11-23)45(42,43)25-14-8-20(3)29(17-25)37(40)41/h8-17,21,28H,6-7,18-19H2,1-5H3,(H,34,39)/t21-,28+/m1/s1. The van der Waals surface area contributed by atoms with Gasteiger partial charge in [0.25, 0.3) is 15.7 Å². The molecule has 0 heterocycles.